The Morgan fingerprint density at radius 3 is 2.82 bits per heavy atom. The minimum absolute atomic E-state index is 0.154. The first kappa shape index (κ1) is 20.9. The van der Waals surface area contributed by atoms with Crippen molar-refractivity contribution in [2.45, 2.75) is 11.7 Å². The molecule has 12 heteroatoms. The summed E-state index contributed by atoms with van der Waals surface area (Å²) in [6.45, 7) is 0.576. The third-order valence-corrected chi connectivity index (χ3v) is 5.83. The summed E-state index contributed by atoms with van der Waals surface area (Å²) in [6.07, 6.45) is 0. The molecule has 10 nitrogen and oxygen atoms in total. The summed E-state index contributed by atoms with van der Waals surface area (Å²) in [4.78, 5) is 16.6. The highest BCUT2D eigenvalue weighted by Crippen LogP contribution is 2.32. The number of hydrogen-bond acceptors (Lipinski definition) is 9. The van der Waals surface area contributed by atoms with E-state index in [0.717, 1.165) is 5.56 Å². The fourth-order valence-corrected chi connectivity index (χ4v) is 3.83. The molecule has 33 heavy (non-hydrogen) atoms. The van der Waals surface area contributed by atoms with Gasteiger partial charge in [0.15, 0.2) is 16.7 Å². The highest BCUT2D eigenvalue weighted by atomic mass is 32.2. The molecule has 0 saturated heterocycles. The van der Waals surface area contributed by atoms with E-state index in [2.05, 4.69) is 25.7 Å². The van der Waals surface area contributed by atoms with E-state index >= 15 is 0 Å². The number of thioether (sulfide) groups is 1. The van der Waals surface area contributed by atoms with Crippen molar-refractivity contribution in [3.05, 3.63) is 53.8 Å². The molecule has 1 amide bonds. The van der Waals surface area contributed by atoms with E-state index in [1.807, 2.05) is 18.2 Å². The number of halogens is 1. The monoisotopic (exact) mass is 468 g/mol. The van der Waals surface area contributed by atoms with E-state index < -0.39 is 0 Å². The Hall–Kier alpha value is -3.93. The molecule has 0 unspecified atom stereocenters. The van der Waals surface area contributed by atoms with Crippen LogP contribution in [0.2, 0.25) is 0 Å². The molecular weight excluding hydrogens is 451 g/mol. The van der Waals surface area contributed by atoms with Crippen LogP contribution >= 0.6 is 11.8 Å². The SMILES string of the molecule is Cn1c(SCC(=O)NCc2ccc3c(c2)OCO3)nnc1-c1nc(-c2ccc(F)cc2)no1. The Bertz CT molecular complexity index is 1310. The van der Waals surface area contributed by atoms with Crippen molar-refractivity contribution in [2.24, 2.45) is 7.05 Å². The van der Waals surface area contributed by atoms with Crippen molar-refractivity contribution in [3.8, 4) is 34.6 Å². The van der Waals surface area contributed by atoms with E-state index in [0.29, 0.717) is 40.4 Å². The van der Waals surface area contributed by atoms with Crippen LogP contribution in [0.15, 0.2) is 52.1 Å². The van der Waals surface area contributed by atoms with Crippen LogP contribution in [0.1, 0.15) is 5.56 Å². The number of carbonyl (C=O) groups is 1. The molecule has 5 rings (SSSR count). The second-order valence-electron chi connectivity index (χ2n) is 7.05. The zero-order valence-corrected chi connectivity index (χ0v) is 18.1. The van der Waals surface area contributed by atoms with Gasteiger partial charge in [-0.2, -0.15) is 4.98 Å². The number of fused-ring (bicyclic) bond motifs is 1. The molecule has 2 aromatic carbocycles. The fraction of sp³-hybridized carbons (Fsp3) is 0.190. The summed E-state index contributed by atoms with van der Waals surface area (Å²) < 4.78 is 30.7. The van der Waals surface area contributed by atoms with Gasteiger partial charge in [-0.05, 0) is 42.0 Å². The summed E-state index contributed by atoms with van der Waals surface area (Å²) in [5, 5.41) is 15.5. The molecule has 4 aromatic rings. The smallest absolute Gasteiger partial charge is 0.296 e. The molecule has 3 heterocycles. The average Bonchev–Trinajstić information content (AvgIpc) is 3.56. The molecule has 0 saturated carbocycles. The predicted molar refractivity (Wildman–Crippen MR) is 115 cm³/mol. The van der Waals surface area contributed by atoms with Gasteiger partial charge in [0.05, 0.1) is 5.75 Å². The molecule has 1 aliphatic rings. The van der Waals surface area contributed by atoms with Gasteiger partial charge < -0.3 is 23.9 Å². The van der Waals surface area contributed by atoms with Crippen LogP contribution in [0.5, 0.6) is 11.5 Å². The van der Waals surface area contributed by atoms with Crippen LogP contribution in [0.25, 0.3) is 23.1 Å². The van der Waals surface area contributed by atoms with Crippen LogP contribution in [-0.2, 0) is 18.4 Å². The molecule has 0 aliphatic carbocycles. The normalized spacial score (nSPS) is 12.2. The van der Waals surface area contributed by atoms with Crippen molar-refractivity contribution < 1.29 is 23.2 Å². The van der Waals surface area contributed by atoms with Crippen molar-refractivity contribution >= 4 is 17.7 Å². The quantitative estimate of drug-likeness (QED) is 0.409. The van der Waals surface area contributed by atoms with E-state index in [9.17, 15) is 9.18 Å². The molecular formula is C21H17FN6O4S. The lowest BCUT2D eigenvalue weighted by atomic mass is 10.2. The summed E-state index contributed by atoms with van der Waals surface area (Å²) in [5.74, 6) is 1.86. The van der Waals surface area contributed by atoms with Crippen LogP contribution in [0.4, 0.5) is 4.39 Å². The number of carbonyl (C=O) groups excluding carboxylic acids is 1. The van der Waals surface area contributed by atoms with Gasteiger partial charge in [0, 0.05) is 19.2 Å². The molecule has 0 spiro atoms. The first-order valence-corrected chi connectivity index (χ1v) is 10.8. The number of amides is 1. The second kappa shape index (κ2) is 8.90. The largest absolute Gasteiger partial charge is 0.454 e. The van der Waals surface area contributed by atoms with Crippen molar-refractivity contribution in [1.29, 1.82) is 0 Å². The molecule has 1 N–H and O–H groups in total. The summed E-state index contributed by atoms with van der Waals surface area (Å²) in [6, 6.07) is 11.3. The zero-order chi connectivity index (χ0) is 22.8. The van der Waals surface area contributed by atoms with Gasteiger partial charge in [0.25, 0.3) is 5.89 Å². The first-order valence-electron chi connectivity index (χ1n) is 9.84. The third kappa shape index (κ3) is 4.51. The van der Waals surface area contributed by atoms with Gasteiger partial charge >= 0.3 is 0 Å². The topological polar surface area (TPSA) is 117 Å². The number of nitrogens with zero attached hydrogens (tertiary/aromatic N) is 5. The fourth-order valence-electron chi connectivity index (χ4n) is 3.09. The van der Waals surface area contributed by atoms with Crippen LogP contribution in [0.3, 0.4) is 0 Å². The van der Waals surface area contributed by atoms with Gasteiger partial charge in [-0.25, -0.2) is 4.39 Å². The molecule has 168 valence electrons. The Kier molecular flexibility index (Phi) is 5.65. The maximum absolute atomic E-state index is 13.1. The van der Waals surface area contributed by atoms with Crippen LogP contribution in [0, 0.1) is 5.82 Å². The van der Waals surface area contributed by atoms with Gasteiger partial charge in [-0.3, -0.25) is 4.79 Å². The summed E-state index contributed by atoms with van der Waals surface area (Å²) >= 11 is 1.23. The summed E-state index contributed by atoms with van der Waals surface area (Å²) in [7, 11) is 1.74. The van der Waals surface area contributed by atoms with E-state index in [1.165, 1.54) is 23.9 Å². The number of hydrogen-bond donors (Lipinski definition) is 1. The number of nitrogens with one attached hydrogen (secondary N) is 1. The van der Waals surface area contributed by atoms with Gasteiger partial charge in [-0.1, -0.05) is 23.0 Å². The lowest BCUT2D eigenvalue weighted by molar-refractivity contribution is -0.118. The Balaban J connectivity index is 1.18. The Morgan fingerprint density at radius 1 is 1.15 bits per heavy atom. The first-order chi connectivity index (χ1) is 16.1. The number of ether oxygens (including phenoxy) is 2. The van der Waals surface area contributed by atoms with Crippen molar-refractivity contribution in [1.82, 2.24) is 30.2 Å². The molecule has 0 atom stereocenters. The number of rotatable bonds is 7. The maximum atomic E-state index is 13.1. The van der Waals surface area contributed by atoms with Crippen molar-refractivity contribution in [2.75, 3.05) is 12.5 Å². The maximum Gasteiger partial charge on any atom is 0.296 e. The van der Waals surface area contributed by atoms with E-state index in [1.54, 1.807) is 23.7 Å². The highest BCUT2D eigenvalue weighted by molar-refractivity contribution is 7.99. The molecule has 0 bridgehead atoms. The van der Waals surface area contributed by atoms with Gasteiger partial charge in [0.2, 0.25) is 24.3 Å². The van der Waals surface area contributed by atoms with Crippen molar-refractivity contribution in [3.63, 3.8) is 0 Å². The molecule has 1 aliphatic heterocycles. The third-order valence-electron chi connectivity index (χ3n) is 4.81. The van der Waals surface area contributed by atoms with E-state index in [-0.39, 0.29) is 30.2 Å². The lowest BCUT2D eigenvalue weighted by Crippen LogP contribution is -2.24. The zero-order valence-electron chi connectivity index (χ0n) is 17.3. The number of aromatic nitrogens is 5. The van der Waals surface area contributed by atoms with Gasteiger partial charge in [-0.15, -0.1) is 10.2 Å². The highest BCUT2D eigenvalue weighted by Gasteiger charge is 2.19. The standard InChI is InChI=1S/C21H17FN6O4S/c1-28-19(20-24-18(27-32-20)13-3-5-14(22)6-4-13)25-26-21(28)33-10-17(29)23-9-12-2-7-15-16(8-12)31-11-30-15/h2-8H,9-11H2,1H3,(H,23,29). The van der Waals surface area contributed by atoms with Gasteiger partial charge in [0.1, 0.15) is 5.82 Å². The summed E-state index contributed by atoms with van der Waals surface area (Å²) in [5.41, 5.74) is 1.52. The molecule has 0 fully saturated rings. The minimum Gasteiger partial charge on any atom is -0.454 e. The lowest BCUT2D eigenvalue weighted by Gasteiger charge is -2.06. The Labute approximate surface area is 191 Å². The predicted octanol–water partition coefficient (Wildman–Crippen LogP) is 2.81. The minimum atomic E-state index is -0.350. The molecule has 2 aromatic heterocycles. The second-order valence-corrected chi connectivity index (χ2v) is 7.99. The van der Waals surface area contributed by atoms with Crippen LogP contribution in [-0.4, -0.2) is 43.4 Å². The average molecular weight is 468 g/mol. The van der Waals surface area contributed by atoms with Crippen LogP contribution < -0.4 is 14.8 Å². The Morgan fingerprint density at radius 2 is 1.97 bits per heavy atom. The van der Waals surface area contributed by atoms with E-state index in [4.69, 9.17) is 14.0 Å². The molecule has 0 radical (unpaired) electrons. The number of benzene rings is 2.